The van der Waals surface area contributed by atoms with Crippen LogP contribution in [0.2, 0.25) is 0 Å². The Bertz CT molecular complexity index is 258. The van der Waals surface area contributed by atoms with Crippen molar-refractivity contribution in [3.05, 3.63) is 0 Å². The van der Waals surface area contributed by atoms with Gasteiger partial charge in [0.1, 0.15) is 0 Å². The van der Waals surface area contributed by atoms with Crippen LogP contribution < -0.4 is 5.73 Å². The van der Waals surface area contributed by atoms with Crippen molar-refractivity contribution in [1.82, 2.24) is 0 Å². The van der Waals surface area contributed by atoms with Crippen molar-refractivity contribution >= 4 is 5.78 Å². The van der Waals surface area contributed by atoms with Crippen LogP contribution in [-0.4, -0.2) is 11.3 Å². The van der Waals surface area contributed by atoms with Crippen LogP contribution in [0.4, 0.5) is 0 Å². The molecule has 2 nitrogen and oxygen atoms in total. The Morgan fingerprint density at radius 1 is 1.06 bits per heavy atom. The van der Waals surface area contributed by atoms with Crippen molar-refractivity contribution in [2.45, 2.75) is 64.3 Å². The minimum atomic E-state index is -0.457. The van der Waals surface area contributed by atoms with E-state index in [0.717, 1.165) is 38.5 Å². The summed E-state index contributed by atoms with van der Waals surface area (Å²) >= 11 is 0. The van der Waals surface area contributed by atoms with Gasteiger partial charge in [-0.25, -0.2) is 0 Å². The zero-order chi connectivity index (χ0) is 11.8. The van der Waals surface area contributed by atoms with E-state index in [1.54, 1.807) is 0 Å². The highest BCUT2D eigenvalue weighted by Crippen LogP contribution is 2.38. The summed E-state index contributed by atoms with van der Waals surface area (Å²) < 4.78 is 0. The largest absolute Gasteiger partial charge is 0.319 e. The third kappa shape index (κ3) is 2.32. The third-order valence-electron chi connectivity index (χ3n) is 4.54. The molecule has 0 aromatic carbocycles. The lowest BCUT2D eigenvalue weighted by atomic mass is 9.71. The lowest BCUT2D eigenvalue weighted by Gasteiger charge is -2.35. The molecule has 0 spiro atoms. The van der Waals surface area contributed by atoms with Crippen molar-refractivity contribution in [3.8, 4) is 0 Å². The molecule has 2 rings (SSSR count). The fourth-order valence-corrected chi connectivity index (χ4v) is 3.82. The summed E-state index contributed by atoms with van der Waals surface area (Å²) in [6, 6.07) is 0. The van der Waals surface area contributed by atoms with E-state index in [0.29, 0.717) is 17.6 Å². The van der Waals surface area contributed by atoms with Gasteiger partial charge in [0.25, 0.3) is 0 Å². The van der Waals surface area contributed by atoms with Crippen LogP contribution in [-0.2, 0) is 4.79 Å². The first kappa shape index (κ1) is 12.1. The van der Waals surface area contributed by atoms with Crippen molar-refractivity contribution in [2.75, 3.05) is 0 Å². The van der Waals surface area contributed by atoms with Crippen molar-refractivity contribution in [3.63, 3.8) is 0 Å². The molecule has 0 saturated heterocycles. The van der Waals surface area contributed by atoms with Gasteiger partial charge >= 0.3 is 0 Å². The molecule has 0 aliphatic heterocycles. The SMILES string of the molecule is CC1CC(C)CC(C(=O)C2(N)CCCC2)C1. The maximum Gasteiger partial charge on any atom is 0.155 e. The van der Waals surface area contributed by atoms with Crippen LogP contribution in [0.25, 0.3) is 0 Å². The zero-order valence-corrected chi connectivity index (χ0v) is 10.7. The van der Waals surface area contributed by atoms with Gasteiger partial charge in [-0.15, -0.1) is 0 Å². The van der Waals surface area contributed by atoms with Crippen molar-refractivity contribution in [1.29, 1.82) is 0 Å². The van der Waals surface area contributed by atoms with Gasteiger partial charge in [-0.1, -0.05) is 26.7 Å². The van der Waals surface area contributed by atoms with Gasteiger partial charge in [-0.3, -0.25) is 4.79 Å². The molecule has 0 radical (unpaired) electrons. The highest BCUT2D eigenvalue weighted by Gasteiger charge is 2.42. The van der Waals surface area contributed by atoms with Gasteiger partial charge < -0.3 is 5.73 Å². The lowest BCUT2D eigenvalue weighted by molar-refractivity contribution is -0.130. The molecule has 2 saturated carbocycles. The summed E-state index contributed by atoms with van der Waals surface area (Å²) in [5.74, 6) is 2.02. The monoisotopic (exact) mass is 223 g/mol. The third-order valence-corrected chi connectivity index (χ3v) is 4.54. The van der Waals surface area contributed by atoms with Gasteiger partial charge in [0.2, 0.25) is 0 Å². The Kier molecular flexibility index (Phi) is 3.39. The summed E-state index contributed by atoms with van der Waals surface area (Å²) in [4.78, 5) is 12.5. The average Bonchev–Trinajstić information content (AvgIpc) is 2.64. The summed E-state index contributed by atoms with van der Waals surface area (Å²) in [7, 11) is 0. The molecule has 0 aromatic heterocycles. The molecule has 2 aliphatic rings. The fraction of sp³-hybridized carbons (Fsp3) is 0.929. The predicted octanol–water partition coefficient (Wildman–Crippen LogP) is 2.90. The van der Waals surface area contributed by atoms with Crippen molar-refractivity contribution < 1.29 is 4.79 Å². The number of hydrogen-bond acceptors (Lipinski definition) is 2. The van der Waals surface area contributed by atoms with E-state index in [-0.39, 0.29) is 5.92 Å². The minimum absolute atomic E-state index is 0.252. The maximum atomic E-state index is 12.5. The van der Waals surface area contributed by atoms with E-state index in [1.165, 1.54) is 6.42 Å². The smallest absolute Gasteiger partial charge is 0.155 e. The number of ketones is 1. The van der Waals surface area contributed by atoms with E-state index >= 15 is 0 Å². The van der Waals surface area contributed by atoms with Crippen LogP contribution in [0.1, 0.15) is 58.8 Å². The maximum absolute atomic E-state index is 12.5. The molecule has 2 aliphatic carbocycles. The highest BCUT2D eigenvalue weighted by molar-refractivity contribution is 5.90. The van der Waals surface area contributed by atoms with Gasteiger partial charge in [-0.05, 0) is 43.9 Å². The molecular formula is C14H25NO. The molecule has 2 fully saturated rings. The first-order chi connectivity index (χ1) is 7.51. The molecule has 0 bridgehead atoms. The predicted molar refractivity (Wildman–Crippen MR) is 66.1 cm³/mol. The Morgan fingerprint density at radius 3 is 2.06 bits per heavy atom. The molecule has 2 unspecified atom stereocenters. The average molecular weight is 223 g/mol. The van der Waals surface area contributed by atoms with Gasteiger partial charge in [0.15, 0.2) is 5.78 Å². The zero-order valence-electron chi connectivity index (χ0n) is 10.7. The fourth-order valence-electron chi connectivity index (χ4n) is 3.82. The van der Waals surface area contributed by atoms with Crippen LogP contribution in [0, 0.1) is 17.8 Å². The van der Waals surface area contributed by atoms with E-state index in [2.05, 4.69) is 13.8 Å². The second-order valence-corrected chi connectivity index (χ2v) is 6.34. The van der Waals surface area contributed by atoms with E-state index in [9.17, 15) is 4.79 Å². The number of Topliss-reactive ketones (excluding diaryl/α,β-unsaturated/α-hetero) is 1. The number of nitrogens with two attached hydrogens (primary N) is 1. The van der Waals surface area contributed by atoms with Gasteiger partial charge in [0, 0.05) is 5.92 Å². The van der Waals surface area contributed by atoms with Crippen LogP contribution in [0.15, 0.2) is 0 Å². The quantitative estimate of drug-likeness (QED) is 0.782. The first-order valence-electron chi connectivity index (χ1n) is 6.84. The van der Waals surface area contributed by atoms with Gasteiger partial charge in [-0.2, -0.15) is 0 Å². The minimum Gasteiger partial charge on any atom is -0.319 e. The summed E-state index contributed by atoms with van der Waals surface area (Å²) in [6.07, 6.45) is 7.54. The lowest BCUT2D eigenvalue weighted by Crippen LogP contribution is -2.49. The van der Waals surface area contributed by atoms with E-state index in [4.69, 9.17) is 5.73 Å². The number of rotatable bonds is 2. The molecular weight excluding hydrogens is 198 g/mol. The Morgan fingerprint density at radius 2 is 1.56 bits per heavy atom. The number of carbonyl (C=O) groups excluding carboxylic acids is 1. The summed E-state index contributed by atoms with van der Waals surface area (Å²) in [6.45, 7) is 4.54. The van der Waals surface area contributed by atoms with Gasteiger partial charge in [0.05, 0.1) is 5.54 Å². The van der Waals surface area contributed by atoms with Crippen molar-refractivity contribution in [2.24, 2.45) is 23.5 Å². The first-order valence-corrected chi connectivity index (χ1v) is 6.84. The molecule has 16 heavy (non-hydrogen) atoms. The summed E-state index contributed by atoms with van der Waals surface area (Å²) in [5.41, 5.74) is 5.82. The molecule has 0 heterocycles. The molecule has 92 valence electrons. The molecule has 2 heteroatoms. The topological polar surface area (TPSA) is 43.1 Å². The molecule has 2 atom stereocenters. The standard InChI is InChI=1S/C14H25NO/c1-10-7-11(2)9-12(8-10)13(16)14(15)5-3-4-6-14/h10-12H,3-9,15H2,1-2H3. The summed E-state index contributed by atoms with van der Waals surface area (Å²) in [5, 5.41) is 0. The molecule has 0 amide bonds. The normalized spacial score (nSPS) is 38.6. The Hall–Kier alpha value is -0.370. The van der Waals surface area contributed by atoms with E-state index < -0.39 is 5.54 Å². The van der Waals surface area contributed by atoms with E-state index in [1.807, 2.05) is 0 Å². The van der Waals surface area contributed by atoms with Crippen LogP contribution >= 0.6 is 0 Å². The molecule has 0 aromatic rings. The second kappa shape index (κ2) is 4.48. The molecule has 2 N–H and O–H groups in total. The van der Waals surface area contributed by atoms with Crippen LogP contribution in [0.3, 0.4) is 0 Å². The number of hydrogen-bond donors (Lipinski definition) is 1. The Labute approximate surface area is 99.0 Å². The Balaban J connectivity index is 2.03. The highest BCUT2D eigenvalue weighted by atomic mass is 16.1. The number of carbonyl (C=O) groups is 1. The second-order valence-electron chi connectivity index (χ2n) is 6.34. The van der Waals surface area contributed by atoms with Crippen LogP contribution in [0.5, 0.6) is 0 Å².